The third kappa shape index (κ3) is 3.24. The molecule has 0 aliphatic carbocycles. The van der Waals surface area contributed by atoms with Crippen LogP contribution in [0, 0.1) is 11.6 Å². The molecule has 0 bridgehead atoms. The van der Waals surface area contributed by atoms with Crippen molar-refractivity contribution in [2.45, 2.75) is 32.9 Å². The van der Waals surface area contributed by atoms with Crippen LogP contribution in [-0.4, -0.2) is 6.04 Å². The van der Waals surface area contributed by atoms with E-state index in [1.807, 2.05) is 13.8 Å². The maximum atomic E-state index is 13.5. The summed E-state index contributed by atoms with van der Waals surface area (Å²) in [7, 11) is 0. The number of benzene rings is 1. The van der Waals surface area contributed by atoms with E-state index in [9.17, 15) is 8.78 Å². The first-order valence-corrected chi connectivity index (χ1v) is 5.71. The minimum absolute atomic E-state index is 0.0877. The first-order chi connectivity index (χ1) is 7.06. The molecule has 1 unspecified atom stereocenters. The Labute approximate surface area is 97.0 Å². The molecule has 0 fully saturated rings. The van der Waals surface area contributed by atoms with Gasteiger partial charge in [0.15, 0.2) is 0 Å². The number of hydrogen-bond donors (Lipinski definition) is 1. The summed E-state index contributed by atoms with van der Waals surface area (Å²) in [6.07, 6.45) is 0.928. The second-order valence-electron chi connectivity index (χ2n) is 3.51. The predicted octanol–water partition coefficient (Wildman–Crippen LogP) is 3.62. The van der Waals surface area contributed by atoms with Gasteiger partial charge >= 0.3 is 0 Å². The summed E-state index contributed by atoms with van der Waals surface area (Å²) < 4.78 is 27.1. The molecule has 1 rings (SSSR count). The lowest BCUT2D eigenvalue weighted by molar-refractivity contribution is 0.491. The van der Waals surface area contributed by atoms with Crippen LogP contribution in [-0.2, 0) is 6.54 Å². The molecule has 1 atom stereocenters. The lowest BCUT2D eigenvalue weighted by Gasteiger charge is -2.12. The minimum atomic E-state index is -0.522. The second-order valence-corrected chi connectivity index (χ2v) is 4.37. The largest absolute Gasteiger partial charge is 0.310 e. The average Bonchev–Trinajstić information content (AvgIpc) is 2.23. The highest BCUT2D eigenvalue weighted by atomic mass is 79.9. The van der Waals surface area contributed by atoms with Crippen LogP contribution in [0.2, 0.25) is 0 Å². The van der Waals surface area contributed by atoms with Gasteiger partial charge in [-0.2, -0.15) is 0 Å². The van der Waals surface area contributed by atoms with Crippen LogP contribution in [0.4, 0.5) is 8.78 Å². The SMILES string of the molecule is CCC(C)NCc1c(F)ccc(Br)c1F. The van der Waals surface area contributed by atoms with Crippen LogP contribution in [0.25, 0.3) is 0 Å². The van der Waals surface area contributed by atoms with Crippen molar-refractivity contribution in [3.05, 3.63) is 33.8 Å². The first-order valence-electron chi connectivity index (χ1n) is 4.92. The van der Waals surface area contributed by atoms with Gasteiger partial charge < -0.3 is 5.32 Å². The number of hydrogen-bond acceptors (Lipinski definition) is 1. The number of rotatable bonds is 4. The van der Waals surface area contributed by atoms with Crippen molar-refractivity contribution in [2.75, 3.05) is 0 Å². The zero-order valence-electron chi connectivity index (χ0n) is 8.78. The third-order valence-corrected chi connectivity index (χ3v) is 2.99. The Morgan fingerprint density at radius 3 is 2.67 bits per heavy atom. The van der Waals surface area contributed by atoms with Gasteiger partial charge in [-0.15, -0.1) is 0 Å². The van der Waals surface area contributed by atoms with E-state index >= 15 is 0 Å². The lowest BCUT2D eigenvalue weighted by atomic mass is 10.1. The lowest BCUT2D eigenvalue weighted by Crippen LogP contribution is -2.25. The molecule has 0 radical (unpaired) electrons. The van der Waals surface area contributed by atoms with E-state index in [2.05, 4.69) is 21.2 Å². The fourth-order valence-electron chi connectivity index (χ4n) is 1.15. The summed E-state index contributed by atoms with van der Waals surface area (Å²) in [5.41, 5.74) is 0.0877. The van der Waals surface area contributed by atoms with Crippen molar-refractivity contribution in [2.24, 2.45) is 0 Å². The Hall–Kier alpha value is -0.480. The molecule has 84 valence electrons. The van der Waals surface area contributed by atoms with E-state index in [4.69, 9.17) is 0 Å². The minimum Gasteiger partial charge on any atom is -0.310 e. The van der Waals surface area contributed by atoms with Crippen molar-refractivity contribution < 1.29 is 8.78 Å². The molecule has 0 saturated carbocycles. The number of halogens is 3. The van der Waals surface area contributed by atoms with Gasteiger partial charge in [-0.3, -0.25) is 0 Å². The summed E-state index contributed by atoms with van der Waals surface area (Å²) >= 11 is 3.03. The standard InChI is InChI=1S/C11H14BrF2N/c1-3-7(2)15-6-8-10(13)5-4-9(12)11(8)14/h4-5,7,15H,3,6H2,1-2H3. The van der Waals surface area contributed by atoms with Crippen LogP contribution >= 0.6 is 15.9 Å². The summed E-state index contributed by atoms with van der Waals surface area (Å²) in [5.74, 6) is -1.03. The van der Waals surface area contributed by atoms with Crippen LogP contribution in [0.15, 0.2) is 16.6 Å². The molecule has 0 amide bonds. The van der Waals surface area contributed by atoms with E-state index in [0.29, 0.717) is 4.47 Å². The van der Waals surface area contributed by atoms with E-state index < -0.39 is 11.6 Å². The van der Waals surface area contributed by atoms with Crippen LogP contribution in [0.3, 0.4) is 0 Å². The Morgan fingerprint density at radius 2 is 2.07 bits per heavy atom. The van der Waals surface area contributed by atoms with Gasteiger partial charge in [-0.25, -0.2) is 8.78 Å². The van der Waals surface area contributed by atoms with Crippen LogP contribution in [0.1, 0.15) is 25.8 Å². The maximum absolute atomic E-state index is 13.5. The predicted molar refractivity (Wildman–Crippen MR) is 60.7 cm³/mol. The highest BCUT2D eigenvalue weighted by Gasteiger charge is 2.12. The summed E-state index contributed by atoms with van der Waals surface area (Å²) in [5, 5.41) is 3.06. The van der Waals surface area contributed by atoms with Gasteiger partial charge in [0.05, 0.1) is 4.47 Å². The third-order valence-electron chi connectivity index (χ3n) is 2.38. The van der Waals surface area contributed by atoms with Crippen LogP contribution in [0.5, 0.6) is 0 Å². The van der Waals surface area contributed by atoms with Gasteiger partial charge in [-0.1, -0.05) is 6.92 Å². The molecule has 1 nitrogen and oxygen atoms in total. The highest BCUT2D eigenvalue weighted by molar-refractivity contribution is 9.10. The van der Waals surface area contributed by atoms with E-state index in [0.717, 1.165) is 6.42 Å². The van der Waals surface area contributed by atoms with Crippen LogP contribution < -0.4 is 5.32 Å². The van der Waals surface area contributed by atoms with Crippen molar-refractivity contribution in [1.82, 2.24) is 5.32 Å². The molecular weight excluding hydrogens is 264 g/mol. The Balaban J connectivity index is 2.80. The van der Waals surface area contributed by atoms with Crippen molar-refractivity contribution in [1.29, 1.82) is 0 Å². The van der Waals surface area contributed by atoms with Gasteiger partial charge in [0.1, 0.15) is 11.6 Å². The van der Waals surface area contributed by atoms with Crippen molar-refractivity contribution in [3.8, 4) is 0 Å². The fourth-order valence-corrected chi connectivity index (χ4v) is 1.52. The van der Waals surface area contributed by atoms with Gasteiger partial charge in [0.25, 0.3) is 0 Å². The Morgan fingerprint density at radius 1 is 1.40 bits per heavy atom. The van der Waals surface area contributed by atoms with E-state index in [1.54, 1.807) is 0 Å². The maximum Gasteiger partial charge on any atom is 0.144 e. The highest BCUT2D eigenvalue weighted by Crippen LogP contribution is 2.21. The zero-order chi connectivity index (χ0) is 11.4. The second kappa shape index (κ2) is 5.56. The molecule has 0 aliphatic rings. The molecule has 15 heavy (non-hydrogen) atoms. The fraction of sp³-hybridized carbons (Fsp3) is 0.455. The molecule has 0 aromatic heterocycles. The number of nitrogens with one attached hydrogen (secondary N) is 1. The molecule has 4 heteroatoms. The molecule has 1 N–H and O–H groups in total. The van der Waals surface area contributed by atoms with Crippen molar-refractivity contribution >= 4 is 15.9 Å². The molecule has 0 aliphatic heterocycles. The monoisotopic (exact) mass is 277 g/mol. The topological polar surface area (TPSA) is 12.0 Å². The smallest absolute Gasteiger partial charge is 0.144 e. The molecule has 0 saturated heterocycles. The molecule has 0 heterocycles. The first kappa shape index (κ1) is 12.6. The molecule has 0 spiro atoms. The van der Waals surface area contributed by atoms with Gasteiger partial charge in [0.2, 0.25) is 0 Å². The molecular formula is C11H14BrF2N. The normalized spacial score (nSPS) is 12.9. The van der Waals surface area contributed by atoms with E-state index in [-0.39, 0.29) is 18.2 Å². The summed E-state index contributed by atoms with van der Waals surface area (Å²) in [6, 6.07) is 2.89. The molecule has 1 aromatic carbocycles. The van der Waals surface area contributed by atoms with Crippen molar-refractivity contribution in [3.63, 3.8) is 0 Å². The average molecular weight is 278 g/mol. The summed E-state index contributed by atoms with van der Waals surface area (Å²) in [6.45, 7) is 4.21. The van der Waals surface area contributed by atoms with Gasteiger partial charge in [0, 0.05) is 18.2 Å². The summed E-state index contributed by atoms with van der Waals surface area (Å²) in [4.78, 5) is 0. The van der Waals surface area contributed by atoms with Gasteiger partial charge in [-0.05, 0) is 41.4 Å². The quantitative estimate of drug-likeness (QED) is 0.829. The zero-order valence-corrected chi connectivity index (χ0v) is 10.4. The Kier molecular flexibility index (Phi) is 4.67. The Bertz CT molecular complexity index is 342. The molecule has 1 aromatic rings. The van der Waals surface area contributed by atoms with E-state index in [1.165, 1.54) is 12.1 Å².